The van der Waals surface area contributed by atoms with Gasteiger partial charge in [-0.05, 0) is 31.2 Å². The van der Waals surface area contributed by atoms with E-state index in [1.807, 2.05) is 60.7 Å². The lowest BCUT2D eigenvalue weighted by molar-refractivity contribution is 0.000383. The molecule has 5 heteroatoms. The van der Waals surface area contributed by atoms with Gasteiger partial charge in [0.2, 0.25) is 0 Å². The molecule has 0 saturated heterocycles. The quantitative estimate of drug-likeness (QED) is 0.503. The largest absolute Gasteiger partial charge is 0.391 e. The maximum absolute atomic E-state index is 10.5. The van der Waals surface area contributed by atoms with Crippen molar-refractivity contribution in [1.82, 2.24) is 0 Å². The van der Waals surface area contributed by atoms with Crippen LogP contribution in [0.3, 0.4) is 0 Å². The minimum absolute atomic E-state index is 0.141. The number of aliphatic hydroxyl groups excluding tert-OH is 3. The van der Waals surface area contributed by atoms with Gasteiger partial charge in [0, 0.05) is 16.2 Å². The van der Waals surface area contributed by atoms with Gasteiger partial charge in [0.15, 0.2) is 0 Å². The predicted molar refractivity (Wildman–Crippen MR) is 96.7 cm³/mol. The minimum atomic E-state index is -0.930. The zero-order valence-electron chi connectivity index (χ0n) is 12.9. The molecule has 23 heavy (non-hydrogen) atoms. The molecule has 0 aliphatic heterocycles. The van der Waals surface area contributed by atoms with Crippen molar-refractivity contribution < 1.29 is 15.3 Å². The number of rotatable bonds is 8. The lowest BCUT2D eigenvalue weighted by Gasteiger charge is -2.25. The predicted octanol–water partition coefficient (Wildman–Crippen LogP) is 3.39. The fourth-order valence-electron chi connectivity index (χ4n) is 2.00. The van der Waals surface area contributed by atoms with Gasteiger partial charge in [-0.1, -0.05) is 36.4 Å². The minimum Gasteiger partial charge on any atom is -0.391 e. The zero-order chi connectivity index (χ0) is 16.7. The molecule has 0 heterocycles. The van der Waals surface area contributed by atoms with Crippen LogP contribution in [-0.4, -0.2) is 38.2 Å². The van der Waals surface area contributed by atoms with Crippen molar-refractivity contribution in [3.8, 4) is 0 Å². The van der Waals surface area contributed by atoms with Crippen LogP contribution in [0.5, 0.6) is 0 Å². The van der Waals surface area contributed by atoms with Gasteiger partial charge in [-0.25, -0.2) is 0 Å². The third kappa shape index (κ3) is 6.20. The Morgan fingerprint density at radius 2 is 1.17 bits per heavy atom. The van der Waals surface area contributed by atoms with Gasteiger partial charge in [0.1, 0.15) is 0 Å². The Kier molecular flexibility index (Phi) is 7.46. The standard InChI is InChI=1S/C18H22O3S2/c1-13(19)16(20)12-17(21)18(22-14-8-4-2-5-9-14)23-15-10-6-3-7-11-15/h2-11,13,16-21H,12H2,1H3/t13-,16+,17-/m1/s1. The van der Waals surface area contributed by atoms with E-state index in [0.29, 0.717) is 0 Å². The molecule has 0 aliphatic rings. The van der Waals surface area contributed by atoms with Gasteiger partial charge in [-0.2, -0.15) is 0 Å². The first kappa shape index (κ1) is 18.4. The highest BCUT2D eigenvalue weighted by molar-refractivity contribution is 8.17. The summed E-state index contributed by atoms with van der Waals surface area (Å²) in [5.41, 5.74) is 0. The molecule has 0 fully saturated rings. The van der Waals surface area contributed by atoms with E-state index in [1.165, 1.54) is 6.92 Å². The van der Waals surface area contributed by atoms with Gasteiger partial charge < -0.3 is 15.3 Å². The van der Waals surface area contributed by atoms with E-state index < -0.39 is 18.3 Å². The van der Waals surface area contributed by atoms with Crippen molar-refractivity contribution in [1.29, 1.82) is 0 Å². The molecule has 0 aromatic heterocycles. The van der Waals surface area contributed by atoms with E-state index in [-0.39, 0.29) is 11.0 Å². The van der Waals surface area contributed by atoms with Crippen LogP contribution in [0.15, 0.2) is 70.5 Å². The summed E-state index contributed by atoms with van der Waals surface area (Å²) in [6, 6.07) is 19.8. The van der Waals surface area contributed by atoms with Crippen LogP contribution in [0.25, 0.3) is 0 Å². The molecule has 3 atom stereocenters. The SMILES string of the molecule is C[C@@H](O)[C@@H](O)C[C@@H](O)C(Sc1ccccc1)Sc1ccccc1. The van der Waals surface area contributed by atoms with Crippen molar-refractivity contribution in [3.05, 3.63) is 60.7 Å². The number of benzene rings is 2. The summed E-state index contributed by atoms with van der Waals surface area (Å²) in [7, 11) is 0. The molecular weight excluding hydrogens is 328 g/mol. The lowest BCUT2D eigenvalue weighted by atomic mass is 10.1. The molecule has 124 valence electrons. The second-order valence-corrected chi connectivity index (χ2v) is 8.07. The Balaban J connectivity index is 2.10. The Hall–Kier alpha value is -0.980. The molecule has 0 bridgehead atoms. The van der Waals surface area contributed by atoms with Crippen molar-refractivity contribution in [2.45, 2.75) is 46.0 Å². The normalized spacial score (nSPS) is 15.3. The summed E-state index contributed by atoms with van der Waals surface area (Å²) >= 11 is 3.13. The van der Waals surface area contributed by atoms with E-state index in [9.17, 15) is 15.3 Å². The smallest absolute Gasteiger partial charge is 0.0856 e. The average Bonchev–Trinajstić information content (AvgIpc) is 2.56. The summed E-state index contributed by atoms with van der Waals surface area (Å²) in [6.45, 7) is 1.53. The topological polar surface area (TPSA) is 60.7 Å². The molecule has 0 saturated carbocycles. The van der Waals surface area contributed by atoms with Crippen LogP contribution in [0.2, 0.25) is 0 Å². The van der Waals surface area contributed by atoms with E-state index >= 15 is 0 Å². The van der Waals surface area contributed by atoms with Gasteiger partial charge in [0.05, 0.1) is 22.9 Å². The molecule has 2 aromatic carbocycles. The third-order valence-electron chi connectivity index (χ3n) is 3.34. The van der Waals surface area contributed by atoms with Gasteiger partial charge >= 0.3 is 0 Å². The van der Waals surface area contributed by atoms with Gasteiger partial charge in [0.25, 0.3) is 0 Å². The molecule has 0 aliphatic carbocycles. The molecule has 0 radical (unpaired) electrons. The molecule has 0 amide bonds. The molecule has 2 aromatic rings. The van der Waals surface area contributed by atoms with Crippen LogP contribution >= 0.6 is 23.5 Å². The van der Waals surface area contributed by atoms with Crippen LogP contribution in [-0.2, 0) is 0 Å². The number of aliphatic hydroxyl groups is 3. The van der Waals surface area contributed by atoms with Crippen LogP contribution < -0.4 is 0 Å². The zero-order valence-corrected chi connectivity index (χ0v) is 14.6. The second kappa shape index (κ2) is 9.35. The van der Waals surface area contributed by atoms with Gasteiger partial charge in [-0.3, -0.25) is 0 Å². The monoisotopic (exact) mass is 350 g/mol. The number of thioether (sulfide) groups is 2. The summed E-state index contributed by atoms with van der Waals surface area (Å²) in [5.74, 6) is 0. The summed E-state index contributed by atoms with van der Waals surface area (Å²) < 4.78 is -0.173. The van der Waals surface area contributed by atoms with Crippen molar-refractivity contribution in [3.63, 3.8) is 0 Å². The first-order valence-electron chi connectivity index (χ1n) is 7.54. The molecule has 2 rings (SSSR count). The number of hydrogen-bond donors (Lipinski definition) is 3. The molecule has 0 spiro atoms. The highest BCUT2D eigenvalue weighted by Gasteiger charge is 2.26. The van der Waals surface area contributed by atoms with Crippen molar-refractivity contribution in [2.75, 3.05) is 0 Å². The number of hydrogen-bond acceptors (Lipinski definition) is 5. The summed E-state index contributed by atoms with van der Waals surface area (Å²) in [6.07, 6.45) is -2.38. The van der Waals surface area contributed by atoms with Crippen molar-refractivity contribution >= 4 is 23.5 Å². The van der Waals surface area contributed by atoms with Crippen LogP contribution in [0.1, 0.15) is 13.3 Å². The first-order chi connectivity index (χ1) is 11.1. The maximum Gasteiger partial charge on any atom is 0.0856 e. The van der Waals surface area contributed by atoms with E-state index in [1.54, 1.807) is 23.5 Å². The Morgan fingerprint density at radius 3 is 1.57 bits per heavy atom. The molecular formula is C18H22O3S2. The van der Waals surface area contributed by atoms with E-state index in [4.69, 9.17) is 0 Å². The van der Waals surface area contributed by atoms with Crippen LogP contribution in [0.4, 0.5) is 0 Å². The van der Waals surface area contributed by atoms with E-state index in [2.05, 4.69) is 0 Å². The highest BCUT2D eigenvalue weighted by atomic mass is 32.2. The fourth-order valence-corrected chi connectivity index (χ4v) is 4.56. The van der Waals surface area contributed by atoms with Crippen LogP contribution in [0, 0.1) is 0 Å². The Bertz CT molecular complexity index is 521. The van der Waals surface area contributed by atoms with E-state index in [0.717, 1.165) is 9.79 Å². The fraction of sp³-hybridized carbons (Fsp3) is 0.333. The molecule has 3 N–H and O–H groups in total. The lowest BCUT2D eigenvalue weighted by Crippen LogP contribution is -2.31. The summed E-state index contributed by atoms with van der Waals surface area (Å²) in [5, 5.41) is 29.8. The van der Waals surface area contributed by atoms with Crippen molar-refractivity contribution in [2.24, 2.45) is 0 Å². The van der Waals surface area contributed by atoms with Gasteiger partial charge in [-0.15, -0.1) is 23.5 Å². The first-order valence-corrected chi connectivity index (χ1v) is 9.30. The molecule has 0 unspecified atom stereocenters. The highest BCUT2D eigenvalue weighted by Crippen LogP contribution is 2.38. The summed E-state index contributed by atoms with van der Waals surface area (Å²) in [4.78, 5) is 2.12. The maximum atomic E-state index is 10.5. The average molecular weight is 351 g/mol. The second-order valence-electron chi connectivity index (χ2n) is 5.34. The Morgan fingerprint density at radius 1 is 0.739 bits per heavy atom. The molecule has 3 nitrogen and oxygen atoms in total. The Labute approximate surface area is 145 Å². The third-order valence-corrected chi connectivity index (χ3v) is 6.10.